The highest BCUT2D eigenvalue weighted by Crippen LogP contribution is 2.22. The van der Waals surface area contributed by atoms with E-state index in [4.69, 9.17) is 9.15 Å². The number of hydrogen-bond donors (Lipinski definition) is 0. The number of esters is 1. The SMILES string of the molecule is Cc1ccccc1C(=O)OCc1nc(-c2ccccc2)oc1C. The fourth-order valence-corrected chi connectivity index (χ4v) is 2.28. The van der Waals surface area contributed by atoms with E-state index in [1.807, 2.05) is 62.4 Å². The molecule has 4 heteroatoms. The van der Waals surface area contributed by atoms with Gasteiger partial charge in [-0.25, -0.2) is 9.78 Å². The molecule has 0 radical (unpaired) electrons. The van der Waals surface area contributed by atoms with Crippen LogP contribution in [0.1, 0.15) is 27.4 Å². The van der Waals surface area contributed by atoms with E-state index in [9.17, 15) is 4.79 Å². The smallest absolute Gasteiger partial charge is 0.338 e. The van der Waals surface area contributed by atoms with Gasteiger partial charge in [-0.05, 0) is 37.6 Å². The van der Waals surface area contributed by atoms with Crippen molar-refractivity contribution in [2.75, 3.05) is 0 Å². The quantitative estimate of drug-likeness (QED) is 0.674. The normalized spacial score (nSPS) is 10.5. The highest BCUT2D eigenvalue weighted by atomic mass is 16.5. The average Bonchev–Trinajstić information content (AvgIpc) is 2.95. The van der Waals surface area contributed by atoms with Crippen LogP contribution in [-0.4, -0.2) is 11.0 Å². The summed E-state index contributed by atoms with van der Waals surface area (Å²) in [5.74, 6) is 0.832. The molecule has 0 aliphatic heterocycles. The maximum absolute atomic E-state index is 12.1. The zero-order valence-corrected chi connectivity index (χ0v) is 13.1. The monoisotopic (exact) mass is 307 g/mol. The fraction of sp³-hybridized carbons (Fsp3) is 0.158. The van der Waals surface area contributed by atoms with Crippen molar-refractivity contribution in [2.24, 2.45) is 0 Å². The molecule has 116 valence electrons. The molecular formula is C19H17NO3. The first-order valence-corrected chi connectivity index (χ1v) is 7.39. The molecule has 0 amide bonds. The maximum Gasteiger partial charge on any atom is 0.338 e. The van der Waals surface area contributed by atoms with Gasteiger partial charge in [-0.3, -0.25) is 0 Å². The lowest BCUT2D eigenvalue weighted by molar-refractivity contribution is 0.0466. The number of benzene rings is 2. The van der Waals surface area contributed by atoms with Gasteiger partial charge >= 0.3 is 5.97 Å². The van der Waals surface area contributed by atoms with Crippen molar-refractivity contribution in [1.82, 2.24) is 4.98 Å². The molecule has 0 atom stereocenters. The van der Waals surface area contributed by atoms with Gasteiger partial charge in [-0.2, -0.15) is 0 Å². The largest absolute Gasteiger partial charge is 0.455 e. The number of aromatic nitrogens is 1. The van der Waals surface area contributed by atoms with Crippen LogP contribution >= 0.6 is 0 Å². The van der Waals surface area contributed by atoms with Gasteiger partial charge in [0.25, 0.3) is 0 Å². The highest BCUT2D eigenvalue weighted by Gasteiger charge is 2.15. The third kappa shape index (κ3) is 3.31. The van der Waals surface area contributed by atoms with E-state index in [0.717, 1.165) is 11.1 Å². The van der Waals surface area contributed by atoms with Crippen LogP contribution in [0.3, 0.4) is 0 Å². The van der Waals surface area contributed by atoms with Gasteiger partial charge in [-0.15, -0.1) is 0 Å². The third-order valence-electron chi connectivity index (χ3n) is 3.62. The first kappa shape index (κ1) is 15.0. The van der Waals surface area contributed by atoms with Crippen LogP contribution < -0.4 is 0 Å². The summed E-state index contributed by atoms with van der Waals surface area (Å²) in [5.41, 5.74) is 2.98. The predicted octanol–water partition coefficient (Wildman–Crippen LogP) is 4.32. The first-order valence-electron chi connectivity index (χ1n) is 7.39. The van der Waals surface area contributed by atoms with E-state index in [2.05, 4.69) is 4.98 Å². The molecule has 0 N–H and O–H groups in total. The summed E-state index contributed by atoms with van der Waals surface area (Å²) >= 11 is 0. The highest BCUT2D eigenvalue weighted by molar-refractivity contribution is 5.90. The lowest BCUT2D eigenvalue weighted by Gasteiger charge is -2.05. The zero-order chi connectivity index (χ0) is 16.2. The van der Waals surface area contributed by atoms with E-state index in [1.165, 1.54) is 0 Å². The average molecular weight is 307 g/mol. The van der Waals surface area contributed by atoms with E-state index in [1.54, 1.807) is 6.07 Å². The molecule has 1 aromatic heterocycles. The van der Waals surface area contributed by atoms with Crippen LogP contribution in [0.4, 0.5) is 0 Å². The van der Waals surface area contributed by atoms with Crippen LogP contribution in [-0.2, 0) is 11.3 Å². The van der Waals surface area contributed by atoms with Crippen LogP contribution in [0.15, 0.2) is 59.0 Å². The Labute approximate surface area is 134 Å². The summed E-state index contributed by atoms with van der Waals surface area (Å²) in [5, 5.41) is 0. The summed E-state index contributed by atoms with van der Waals surface area (Å²) in [6.07, 6.45) is 0. The van der Waals surface area contributed by atoms with Gasteiger partial charge in [0.15, 0.2) is 0 Å². The van der Waals surface area contributed by atoms with E-state index < -0.39 is 0 Å². The third-order valence-corrected chi connectivity index (χ3v) is 3.62. The minimum atomic E-state index is -0.355. The Balaban J connectivity index is 1.73. The number of aryl methyl sites for hydroxylation is 2. The maximum atomic E-state index is 12.1. The molecule has 0 aliphatic rings. The molecule has 0 unspecified atom stereocenters. The molecule has 3 rings (SSSR count). The number of rotatable bonds is 4. The second kappa shape index (κ2) is 6.48. The second-order valence-electron chi connectivity index (χ2n) is 5.28. The van der Waals surface area contributed by atoms with Crippen molar-refractivity contribution in [2.45, 2.75) is 20.5 Å². The Hall–Kier alpha value is -2.88. The number of carbonyl (C=O) groups is 1. The van der Waals surface area contributed by atoms with E-state index in [0.29, 0.717) is 22.9 Å². The molecule has 1 heterocycles. The lowest BCUT2D eigenvalue weighted by atomic mass is 10.1. The molecule has 0 bridgehead atoms. The number of nitrogens with zero attached hydrogens (tertiary/aromatic N) is 1. The Morgan fingerprint density at radius 1 is 1.04 bits per heavy atom. The molecule has 2 aromatic carbocycles. The molecule has 0 saturated carbocycles. The van der Waals surface area contributed by atoms with Crippen molar-refractivity contribution in [3.8, 4) is 11.5 Å². The lowest BCUT2D eigenvalue weighted by Crippen LogP contribution is -2.07. The molecule has 4 nitrogen and oxygen atoms in total. The summed E-state index contributed by atoms with van der Waals surface area (Å²) in [6, 6.07) is 17.0. The molecule has 0 aliphatic carbocycles. The van der Waals surface area contributed by atoms with Gasteiger partial charge in [0.1, 0.15) is 18.1 Å². The first-order chi connectivity index (χ1) is 11.1. The topological polar surface area (TPSA) is 52.3 Å². The number of carbonyl (C=O) groups excluding carboxylic acids is 1. The van der Waals surface area contributed by atoms with Crippen molar-refractivity contribution in [3.05, 3.63) is 77.2 Å². The van der Waals surface area contributed by atoms with E-state index in [-0.39, 0.29) is 12.6 Å². The summed E-state index contributed by atoms with van der Waals surface area (Å²) in [6.45, 7) is 3.79. The molecule has 0 saturated heterocycles. The van der Waals surface area contributed by atoms with E-state index >= 15 is 0 Å². The van der Waals surface area contributed by atoms with Crippen molar-refractivity contribution in [3.63, 3.8) is 0 Å². The number of oxazole rings is 1. The predicted molar refractivity (Wildman–Crippen MR) is 87.0 cm³/mol. The van der Waals surface area contributed by atoms with Crippen LogP contribution in [0, 0.1) is 13.8 Å². The Bertz CT molecular complexity index is 822. The molecule has 0 fully saturated rings. The van der Waals surface area contributed by atoms with Crippen LogP contribution in [0.25, 0.3) is 11.5 Å². The number of ether oxygens (including phenoxy) is 1. The minimum absolute atomic E-state index is 0.0926. The minimum Gasteiger partial charge on any atom is -0.455 e. The van der Waals surface area contributed by atoms with Crippen LogP contribution in [0.2, 0.25) is 0 Å². The molecule has 3 aromatic rings. The second-order valence-corrected chi connectivity index (χ2v) is 5.28. The summed E-state index contributed by atoms with van der Waals surface area (Å²) < 4.78 is 11.0. The summed E-state index contributed by atoms with van der Waals surface area (Å²) in [7, 11) is 0. The summed E-state index contributed by atoms with van der Waals surface area (Å²) in [4.78, 5) is 16.6. The number of hydrogen-bond acceptors (Lipinski definition) is 4. The zero-order valence-electron chi connectivity index (χ0n) is 13.1. The standard InChI is InChI=1S/C19H17NO3/c1-13-8-6-7-11-16(13)19(21)22-12-17-14(2)23-18(20-17)15-9-4-3-5-10-15/h3-11H,12H2,1-2H3. The van der Waals surface area contributed by atoms with Crippen molar-refractivity contribution in [1.29, 1.82) is 0 Å². The van der Waals surface area contributed by atoms with Gasteiger partial charge in [-0.1, -0.05) is 36.4 Å². The van der Waals surface area contributed by atoms with Gasteiger partial charge in [0, 0.05) is 5.56 Å². The van der Waals surface area contributed by atoms with Crippen LogP contribution in [0.5, 0.6) is 0 Å². The molecule has 0 spiro atoms. The van der Waals surface area contributed by atoms with Crippen molar-refractivity contribution < 1.29 is 13.9 Å². The molecular weight excluding hydrogens is 290 g/mol. The molecule has 23 heavy (non-hydrogen) atoms. The van der Waals surface area contributed by atoms with Gasteiger partial charge < -0.3 is 9.15 Å². The van der Waals surface area contributed by atoms with Gasteiger partial charge in [0.05, 0.1) is 5.56 Å². The van der Waals surface area contributed by atoms with Gasteiger partial charge in [0.2, 0.25) is 5.89 Å². The Morgan fingerprint density at radius 2 is 1.74 bits per heavy atom. The Morgan fingerprint density at radius 3 is 2.48 bits per heavy atom. The Kier molecular flexibility index (Phi) is 4.24. The van der Waals surface area contributed by atoms with Crippen molar-refractivity contribution >= 4 is 5.97 Å². The fourth-order valence-electron chi connectivity index (χ4n) is 2.28.